The highest BCUT2D eigenvalue weighted by Crippen LogP contribution is 2.29. The van der Waals surface area contributed by atoms with E-state index in [9.17, 15) is 9.59 Å². The molecule has 0 fully saturated rings. The van der Waals surface area contributed by atoms with Crippen molar-refractivity contribution in [2.24, 2.45) is 0 Å². The van der Waals surface area contributed by atoms with Crippen LogP contribution >= 0.6 is 11.3 Å². The van der Waals surface area contributed by atoms with E-state index in [-0.39, 0.29) is 5.41 Å². The van der Waals surface area contributed by atoms with E-state index >= 15 is 0 Å². The molecule has 168 valence electrons. The van der Waals surface area contributed by atoms with Crippen molar-refractivity contribution in [3.63, 3.8) is 0 Å². The van der Waals surface area contributed by atoms with Crippen LogP contribution in [0.1, 0.15) is 48.0 Å². The molecule has 0 aliphatic rings. The van der Waals surface area contributed by atoms with E-state index in [1.54, 1.807) is 23.5 Å². The minimum atomic E-state index is -1.07. The minimum Gasteiger partial charge on any atom is -0.480 e. The number of anilines is 1. The van der Waals surface area contributed by atoms with Gasteiger partial charge in [-0.3, -0.25) is 9.59 Å². The third kappa shape index (κ3) is 6.65. The summed E-state index contributed by atoms with van der Waals surface area (Å²) in [6, 6.07) is 17.6. The summed E-state index contributed by atoms with van der Waals surface area (Å²) in [5, 5.41) is 14.2. The summed E-state index contributed by atoms with van der Waals surface area (Å²) in [5.41, 5.74) is 3.84. The van der Waals surface area contributed by atoms with Gasteiger partial charge >= 0.3 is 5.97 Å². The van der Waals surface area contributed by atoms with E-state index in [0.717, 1.165) is 29.4 Å². The number of benzene rings is 2. The molecule has 32 heavy (non-hydrogen) atoms. The van der Waals surface area contributed by atoms with Gasteiger partial charge in [-0.15, -0.1) is 11.3 Å². The van der Waals surface area contributed by atoms with Crippen molar-refractivity contribution in [1.82, 2.24) is 10.3 Å². The predicted octanol–water partition coefficient (Wildman–Crippen LogP) is 4.50. The number of carbonyl (C=O) groups excluding carboxylic acids is 1. The Morgan fingerprint density at radius 1 is 1.03 bits per heavy atom. The number of rotatable bonds is 9. The highest BCUT2D eigenvalue weighted by atomic mass is 32.1. The molecule has 1 aromatic heterocycles. The molecule has 0 atom stereocenters. The average molecular weight is 452 g/mol. The summed E-state index contributed by atoms with van der Waals surface area (Å²) in [5.74, 6) is -1.46. The van der Waals surface area contributed by atoms with Crippen LogP contribution < -0.4 is 10.2 Å². The molecule has 3 rings (SSSR count). The summed E-state index contributed by atoms with van der Waals surface area (Å²) in [6.07, 6.45) is 0.904. The Balaban J connectivity index is 1.75. The Labute approximate surface area is 192 Å². The predicted molar refractivity (Wildman–Crippen MR) is 128 cm³/mol. The lowest BCUT2D eigenvalue weighted by molar-refractivity contribution is -0.135. The molecule has 1 amide bonds. The zero-order valence-electron chi connectivity index (χ0n) is 18.7. The van der Waals surface area contributed by atoms with E-state index in [4.69, 9.17) is 10.1 Å². The maximum Gasteiger partial charge on any atom is 0.322 e. The largest absolute Gasteiger partial charge is 0.480 e. The van der Waals surface area contributed by atoms with E-state index in [1.165, 1.54) is 5.56 Å². The van der Waals surface area contributed by atoms with Gasteiger partial charge in [0, 0.05) is 29.4 Å². The maximum atomic E-state index is 12.1. The molecular weight excluding hydrogens is 422 g/mol. The Morgan fingerprint density at radius 2 is 1.72 bits per heavy atom. The molecule has 3 aromatic rings. The second-order valence-electron chi connectivity index (χ2n) is 8.70. The molecule has 0 unspecified atom stereocenters. The van der Waals surface area contributed by atoms with Crippen molar-refractivity contribution in [3.05, 3.63) is 82.4 Å². The highest BCUT2D eigenvalue weighted by molar-refractivity contribution is 7.13. The van der Waals surface area contributed by atoms with Crippen molar-refractivity contribution >= 4 is 28.3 Å². The van der Waals surface area contributed by atoms with Gasteiger partial charge in [-0.2, -0.15) is 0 Å². The van der Waals surface area contributed by atoms with Crippen LogP contribution in [0.3, 0.4) is 0 Å². The van der Waals surface area contributed by atoms with Crippen LogP contribution in [0.2, 0.25) is 0 Å². The fourth-order valence-corrected chi connectivity index (χ4v) is 4.22. The number of aromatic nitrogens is 1. The lowest BCUT2D eigenvalue weighted by Crippen LogP contribution is -2.29. The number of carbonyl (C=O) groups is 2. The van der Waals surface area contributed by atoms with E-state index in [1.807, 2.05) is 18.2 Å². The molecular formula is C25H29N3O3S. The van der Waals surface area contributed by atoms with Crippen LogP contribution in [0.4, 0.5) is 5.13 Å². The zero-order valence-corrected chi connectivity index (χ0v) is 19.5. The van der Waals surface area contributed by atoms with Crippen LogP contribution in [0.25, 0.3) is 0 Å². The Hall–Kier alpha value is -3.19. The van der Waals surface area contributed by atoms with Crippen LogP contribution in [-0.4, -0.2) is 35.1 Å². The van der Waals surface area contributed by atoms with Gasteiger partial charge in [0.1, 0.15) is 6.54 Å². The van der Waals surface area contributed by atoms with Crippen molar-refractivity contribution in [3.8, 4) is 0 Å². The topological polar surface area (TPSA) is 82.5 Å². The average Bonchev–Trinajstić information content (AvgIpc) is 3.27. The second-order valence-corrected chi connectivity index (χ2v) is 9.53. The molecule has 0 saturated carbocycles. The second kappa shape index (κ2) is 10.4. The van der Waals surface area contributed by atoms with Gasteiger partial charge in [-0.1, -0.05) is 63.2 Å². The van der Waals surface area contributed by atoms with Crippen molar-refractivity contribution in [2.45, 2.75) is 39.2 Å². The monoisotopic (exact) mass is 451 g/mol. The highest BCUT2D eigenvalue weighted by Gasteiger charge is 2.20. The van der Waals surface area contributed by atoms with Crippen LogP contribution in [0, 0.1) is 0 Å². The number of hydrogen-bond acceptors (Lipinski definition) is 5. The number of nitrogens with one attached hydrogen (secondary N) is 1. The van der Waals surface area contributed by atoms with Gasteiger partial charge in [0.05, 0.1) is 5.69 Å². The minimum absolute atomic E-state index is 0.00912. The fraction of sp³-hybridized carbons (Fsp3) is 0.320. The van der Waals surface area contributed by atoms with Crippen LogP contribution in [0.5, 0.6) is 0 Å². The molecule has 0 aliphatic carbocycles. The van der Waals surface area contributed by atoms with Gasteiger partial charge in [-0.05, 0) is 29.7 Å². The first-order chi connectivity index (χ1) is 15.2. The normalized spacial score (nSPS) is 11.2. The number of amides is 1. The molecule has 7 heteroatoms. The number of aliphatic carboxylic acids is 1. The number of thiazole rings is 1. The summed E-state index contributed by atoms with van der Waals surface area (Å²) < 4.78 is 0. The number of nitrogens with zero attached hydrogens (tertiary/aromatic N) is 2. The van der Waals surface area contributed by atoms with Gasteiger partial charge < -0.3 is 15.3 Å². The first-order valence-electron chi connectivity index (χ1n) is 10.6. The third-order valence-corrected chi connectivity index (χ3v) is 5.94. The zero-order chi connectivity index (χ0) is 23.1. The lowest BCUT2D eigenvalue weighted by Gasteiger charge is -2.23. The van der Waals surface area contributed by atoms with Gasteiger partial charge in [-0.25, -0.2) is 4.98 Å². The van der Waals surface area contributed by atoms with E-state index in [0.29, 0.717) is 12.1 Å². The molecule has 6 nitrogen and oxygen atoms in total. The van der Waals surface area contributed by atoms with Crippen molar-refractivity contribution in [2.75, 3.05) is 18.0 Å². The lowest BCUT2D eigenvalue weighted by atomic mass is 9.93. The SMILES string of the molecule is CC(C)(C)c1csc(N(CCc2ccccc2)Cc2ccc(C(=O)NCC(=O)O)cc2)n1. The number of carboxylic acid groups (broad SMARTS) is 1. The van der Waals surface area contributed by atoms with Gasteiger partial charge in [0.2, 0.25) is 0 Å². The third-order valence-electron chi connectivity index (χ3n) is 5.03. The first kappa shape index (κ1) is 23.5. The van der Waals surface area contributed by atoms with Crippen molar-refractivity contribution in [1.29, 1.82) is 0 Å². The van der Waals surface area contributed by atoms with Crippen LogP contribution in [0.15, 0.2) is 60.0 Å². The Bertz CT molecular complexity index is 1040. The van der Waals surface area contributed by atoms with Gasteiger partial charge in [0.25, 0.3) is 5.91 Å². The van der Waals surface area contributed by atoms with Crippen molar-refractivity contribution < 1.29 is 14.7 Å². The number of carboxylic acids is 1. The smallest absolute Gasteiger partial charge is 0.322 e. The molecule has 0 bridgehead atoms. The van der Waals surface area contributed by atoms with E-state index < -0.39 is 18.4 Å². The molecule has 2 aromatic carbocycles. The summed E-state index contributed by atoms with van der Waals surface area (Å²) in [7, 11) is 0. The van der Waals surface area contributed by atoms with Crippen LogP contribution in [-0.2, 0) is 23.2 Å². The van der Waals surface area contributed by atoms with Gasteiger partial charge in [0.15, 0.2) is 5.13 Å². The summed E-state index contributed by atoms with van der Waals surface area (Å²) >= 11 is 1.65. The molecule has 2 N–H and O–H groups in total. The molecule has 0 aliphatic heterocycles. The summed E-state index contributed by atoms with van der Waals surface area (Å²) in [6.45, 7) is 7.58. The van der Waals surface area contributed by atoms with E-state index in [2.05, 4.69) is 60.6 Å². The molecule has 0 radical (unpaired) electrons. The molecule has 0 spiro atoms. The molecule has 1 heterocycles. The molecule has 0 saturated heterocycles. The standard InChI is InChI=1S/C25H29N3O3S/c1-25(2,3)21-17-32-24(27-21)28(14-13-18-7-5-4-6-8-18)16-19-9-11-20(12-10-19)23(31)26-15-22(29)30/h4-12,17H,13-16H2,1-3H3,(H,26,31)(H,29,30). The number of hydrogen-bond donors (Lipinski definition) is 2. The quantitative estimate of drug-likeness (QED) is 0.500. The maximum absolute atomic E-state index is 12.1. The Morgan fingerprint density at radius 3 is 2.31 bits per heavy atom. The fourth-order valence-electron chi connectivity index (χ4n) is 3.14. The Kier molecular flexibility index (Phi) is 7.64. The first-order valence-corrected chi connectivity index (χ1v) is 11.4. The summed E-state index contributed by atoms with van der Waals surface area (Å²) in [4.78, 5) is 29.9.